The topological polar surface area (TPSA) is 59.1 Å². The molecule has 0 unspecified atom stereocenters. The summed E-state index contributed by atoms with van der Waals surface area (Å²) in [6.45, 7) is 2.90. The van der Waals surface area contributed by atoms with E-state index in [1.807, 2.05) is 61.5 Å². The first-order valence-electron chi connectivity index (χ1n) is 9.89. The number of amides is 2. The number of methoxy groups -OCH3 is 2. The lowest BCUT2D eigenvalue weighted by atomic mass is 10.1. The summed E-state index contributed by atoms with van der Waals surface area (Å²) >= 11 is 0. The summed E-state index contributed by atoms with van der Waals surface area (Å²) in [4.78, 5) is 29.4. The maximum atomic E-state index is 13.1. The van der Waals surface area contributed by atoms with Gasteiger partial charge in [0.25, 0.3) is 5.91 Å². The van der Waals surface area contributed by atoms with Crippen molar-refractivity contribution in [2.75, 3.05) is 32.2 Å². The molecule has 3 aromatic carbocycles. The van der Waals surface area contributed by atoms with Gasteiger partial charge in [0, 0.05) is 24.0 Å². The van der Waals surface area contributed by atoms with E-state index in [2.05, 4.69) is 0 Å². The first kappa shape index (κ1) is 19.8. The second-order valence-corrected chi connectivity index (χ2v) is 7.17. The molecule has 30 heavy (non-hydrogen) atoms. The molecule has 0 N–H and O–H groups in total. The van der Waals surface area contributed by atoms with Gasteiger partial charge in [0.05, 0.1) is 19.9 Å². The van der Waals surface area contributed by atoms with Gasteiger partial charge >= 0.3 is 0 Å². The predicted molar refractivity (Wildman–Crippen MR) is 116 cm³/mol. The lowest BCUT2D eigenvalue weighted by Crippen LogP contribution is -2.41. The van der Waals surface area contributed by atoms with Crippen LogP contribution in [0, 0.1) is 0 Å². The van der Waals surface area contributed by atoms with Crippen molar-refractivity contribution >= 4 is 28.3 Å². The highest BCUT2D eigenvalue weighted by Crippen LogP contribution is 2.37. The van der Waals surface area contributed by atoms with Crippen LogP contribution < -0.4 is 14.4 Å². The van der Waals surface area contributed by atoms with Crippen LogP contribution in [-0.4, -0.2) is 44.0 Å². The highest BCUT2D eigenvalue weighted by molar-refractivity contribution is 6.26. The summed E-state index contributed by atoms with van der Waals surface area (Å²) in [5.74, 6) is 1.03. The van der Waals surface area contributed by atoms with Crippen molar-refractivity contribution in [3.63, 3.8) is 0 Å². The summed E-state index contributed by atoms with van der Waals surface area (Å²) < 4.78 is 10.6. The Morgan fingerprint density at radius 1 is 1.00 bits per heavy atom. The molecule has 1 aliphatic rings. The first-order valence-corrected chi connectivity index (χ1v) is 9.89. The SMILES string of the molecule is CCN(Cc1ccc(OC)c(OC)c1)C(=O)CN1C(=O)c2cccc3cccc1c23. The van der Waals surface area contributed by atoms with Crippen LogP contribution in [0.4, 0.5) is 5.69 Å². The third-order valence-corrected chi connectivity index (χ3v) is 5.50. The van der Waals surface area contributed by atoms with E-state index in [4.69, 9.17) is 9.47 Å². The number of hydrogen-bond acceptors (Lipinski definition) is 4. The Kier molecular flexibility index (Phi) is 5.31. The van der Waals surface area contributed by atoms with Crippen LogP contribution in [0.25, 0.3) is 10.8 Å². The van der Waals surface area contributed by atoms with Gasteiger partial charge in [0.1, 0.15) is 6.54 Å². The zero-order chi connectivity index (χ0) is 21.3. The van der Waals surface area contributed by atoms with Gasteiger partial charge in [0.2, 0.25) is 5.91 Å². The summed E-state index contributed by atoms with van der Waals surface area (Å²) in [6, 6.07) is 17.1. The van der Waals surface area contributed by atoms with Crippen LogP contribution in [0.1, 0.15) is 22.8 Å². The van der Waals surface area contributed by atoms with Crippen LogP contribution in [0.3, 0.4) is 0 Å². The van der Waals surface area contributed by atoms with E-state index in [1.54, 1.807) is 24.0 Å². The van der Waals surface area contributed by atoms with Crippen LogP contribution in [-0.2, 0) is 11.3 Å². The molecule has 0 bridgehead atoms. The summed E-state index contributed by atoms with van der Waals surface area (Å²) in [5, 5.41) is 1.92. The van der Waals surface area contributed by atoms with Crippen molar-refractivity contribution in [1.29, 1.82) is 0 Å². The Morgan fingerprint density at radius 3 is 2.43 bits per heavy atom. The molecule has 154 valence electrons. The number of likely N-dealkylation sites (N-methyl/N-ethyl adjacent to an activating group) is 1. The van der Waals surface area contributed by atoms with Gasteiger partial charge in [-0.1, -0.05) is 30.3 Å². The average molecular weight is 404 g/mol. The van der Waals surface area contributed by atoms with Gasteiger partial charge in [-0.25, -0.2) is 0 Å². The fourth-order valence-corrected chi connectivity index (χ4v) is 3.95. The van der Waals surface area contributed by atoms with Gasteiger partial charge in [-0.15, -0.1) is 0 Å². The number of benzene rings is 3. The van der Waals surface area contributed by atoms with Crippen LogP contribution in [0.2, 0.25) is 0 Å². The van der Waals surface area contributed by atoms with Gasteiger partial charge in [0.15, 0.2) is 11.5 Å². The van der Waals surface area contributed by atoms with Crippen LogP contribution >= 0.6 is 0 Å². The molecule has 0 fully saturated rings. The maximum absolute atomic E-state index is 13.1. The Balaban J connectivity index is 1.55. The summed E-state index contributed by atoms with van der Waals surface area (Å²) in [7, 11) is 3.17. The molecule has 3 aromatic rings. The normalized spacial score (nSPS) is 12.4. The maximum Gasteiger partial charge on any atom is 0.259 e. The van der Waals surface area contributed by atoms with Crippen molar-refractivity contribution in [3.05, 3.63) is 65.7 Å². The number of ether oxygens (including phenoxy) is 2. The minimum atomic E-state index is -0.127. The van der Waals surface area contributed by atoms with Crippen molar-refractivity contribution in [2.45, 2.75) is 13.5 Å². The molecule has 6 nitrogen and oxygen atoms in total. The molecule has 2 amide bonds. The van der Waals surface area contributed by atoms with Crippen LogP contribution in [0.15, 0.2) is 54.6 Å². The van der Waals surface area contributed by atoms with Gasteiger partial charge in [-0.3, -0.25) is 14.5 Å². The lowest BCUT2D eigenvalue weighted by Gasteiger charge is -2.25. The van der Waals surface area contributed by atoms with E-state index in [9.17, 15) is 9.59 Å². The van der Waals surface area contributed by atoms with E-state index in [1.165, 1.54) is 0 Å². The third kappa shape index (κ3) is 3.34. The predicted octanol–water partition coefficient (Wildman–Crippen LogP) is 3.87. The molecule has 0 atom stereocenters. The van der Waals surface area contributed by atoms with Crippen molar-refractivity contribution in [2.24, 2.45) is 0 Å². The Labute approximate surface area is 175 Å². The fraction of sp³-hybridized carbons (Fsp3) is 0.250. The minimum Gasteiger partial charge on any atom is -0.493 e. The smallest absolute Gasteiger partial charge is 0.259 e. The van der Waals surface area contributed by atoms with E-state index in [0.29, 0.717) is 30.2 Å². The summed E-state index contributed by atoms with van der Waals surface area (Å²) in [6.07, 6.45) is 0. The molecule has 6 heteroatoms. The standard InChI is InChI=1S/C24H24N2O4/c1-4-25(14-16-11-12-20(29-2)21(13-16)30-3)22(27)15-26-19-10-6-8-17-7-5-9-18(23(17)19)24(26)28/h5-13H,4,14-15H2,1-3H3. The second kappa shape index (κ2) is 8.06. The number of rotatable bonds is 7. The molecular formula is C24H24N2O4. The zero-order valence-electron chi connectivity index (χ0n) is 17.3. The van der Waals surface area contributed by atoms with E-state index < -0.39 is 0 Å². The van der Waals surface area contributed by atoms with Gasteiger partial charge in [-0.05, 0) is 42.1 Å². The van der Waals surface area contributed by atoms with Gasteiger partial charge < -0.3 is 14.4 Å². The monoisotopic (exact) mass is 404 g/mol. The zero-order valence-corrected chi connectivity index (χ0v) is 17.3. The number of carbonyl (C=O) groups is 2. The highest BCUT2D eigenvalue weighted by Gasteiger charge is 2.31. The Hall–Kier alpha value is -3.54. The van der Waals surface area contributed by atoms with Gasteiger partial charge in [-0.2, -0.15) is 0 Å². The molecule has 0 aromatic heterocycles. The minimum absolute atomic E-state index is 0.00769. The van der Waals surface area contributed by atoms with Crippen molar-refractivity contribution in [1.82, 2.24) is 4.90 Å². The Bertz CT molecular complexity index is 1120. The molecular weight excluding hydrogens is 380 g/mol. The fourth-order valence-electron chi connectivity index (χ4n) is 3.95. The third-order valence-electron chi connectivity index (χ3n) is 5.50. The average Bonchev–Trinajstić information content (AvgIpc) is 3.05. The largest absolute Gasteiger partial charge is 0.493 e. The molecule has 0 spiro atoms. The number of carbonyl (C=O) groups excluding carboxylic acids is 2. The quantitative estimate of drug-likeness (QED) is 0.600. The van der Waals surface area contributed by atoms with Crippen molar-refractivity contribution < 1.29 is 19.1 Å². The second-order valence-electron chi connectivity index (χ2n) is 7.17. The molecule has 0 saturated heterocycles. The van der Waals surface area contributed by atoms with Crippen LogP contribution in [0.5, 0.6) is 11.5 Å². The van der Waals surface area contributed by atoms with Crippen molar-refractivity contribution in [3.8, 4) is 11.5 Å². The molecule has 4 rings (SSSR count). The van der Waals surface area contributed by atoms with E-state index in [-0.39, 0.29) is 18.4 Å². The molecule has 0 aliphatic carbocycles. The number of anilines is 1. The number of nitrogens with zero attached hydrogens (tertiary/aromatic N) is 2. The molecule has 1 aliphatic heterocycles. The number of hydrogen-bond donors (Lipinski definition) is 0. The van der Waals surface area contributed by atoms with E-state index >= 15 is 0 Å². The summed E-state index contributed by atoms with van der Waals surface area (Å²) in [5.41, 5.74) is 2.38. The van der Waals surface area contributed by atoms with E-state index in [0.717, 1.165) is 22.0 Å². The molecule has 1 heterocycles. The molecule has 0 saturated carbocycles. The Morgan fingerprint density at radius 2 is 1.73 bits per heavy atom. The first-order chi connectivity index (χ1) is 14.6. The lowest BCUT2D eigenvalue weighted by molar-refractivity contribution is -0.130. The molecule has 0 radical (unpaired) electrons. The highest BCUT2D eigenvalue weighted by atomic mass is 16.5.